The number of furan rings is 1. The molecule has 0 saturated heterocycles. The number of hydrogen-bond donors (Lipinski definition) is 1. The van der Waals surface area contributed by atoms with Crippen molar-refractivity contribution in [2.24, 2.45) is 0 Å². The molecular weight excluding hydrogens is 285 g/mol. The Morgan fingerprint density at radius 3 is 2.63 bits per heavy atom. The van der Waals surface area contributed by atoms with E-state index in [0.717, 1.165) is 5.76 Å². The van der Waals surface area contributed by atoms with Gasteiger partial charge in [0, 0.05) is 16.6 Å². The minimum Gasteiger partial charge on any atom is -0.489 e. The lowest BCUT2D eigenvalue weighted by molar-refractivity contribution is 0.215. The van der Waals surface area contributed by atoms with Crippen LogP contribution in [0.2, 0.25) is 10.0 Å². The molecule has 0 saturated carbocycles. The van der Waals surface area contributed by atoms with Crippen molar-refractivity contribution in [1.82, 2.24) is 5.32 Å². The Kier molecular flexibility index (Phi) is 5.14. The average Bonchev–Trinajstić information content (AvgIpc) is 2.80. The van der Waals surface area contributed by atoms with Gasteiger partial charge in [0.1, 0.15) is 17.6 Å². The zero-order chi connectivity index (χ0) is 13.7. The zero-order valence-corrected chi connectivity index (χ0v) is 12.0. The average molecular weight is 300 g/mol. The summed E-state index contributed by atoms with van der Waals surface area (Å²) in [6.07, 6.45) is 1.66. The molecule has 5 heteroatoms. The Bertz CT molecular complexity index is 494. The highest BCUT2D eigenvalue weighted by Crippen LogP contribution is 2.24. The predicted molar refractivity (Wildman–Crippen MR) is 77.0 cm³/mol. The molecule has 1 aromatic carbocycles. The fourth-order valence-corrected chi connectivity index (χ4v) is 2.19. The van der Waals surface area contributed by atoms with E-state index in [-0.39, 0.29) is 6.10 Å². The minimum atomic E-state index is 0.00416. The van der Waals surface area contributed by atoms with Gasteiger partial charge in [-0.15, -0.1) is 0 Å². The first kappa shape index (κ1) is 14.3. The molecule has 1 aromatic heterocycles. The van der Waals surface area contributed by atoms with Crippen LogP contribution in [-0.2, 0) is 6.54 Å². The van der Waals surface area contributed by atoms with Crippen LogP contribution in [0.3, 0.4) is 0 Å². The van der Waals surface area contributed by atoms with Gasteiger partial charge in [-0.25, -0.2) is 0 Å². The second-order valence-corrected chi connectivity index (χ2v) is 5.12. The lowest BCUT2D eigenvalue weighted by atomic mass is 10.3. The lowest BCUT2D eigenvalue weighted by Gasteiger charge is -2.15. The fourth-order valence-electron chi connectivity index (χ4n) is 1.68. The first-order valence-corrected chi connectivity index (χ1v) is 6.75. The highest BCUT2D eigenvalue weighted by Gasteiger charge is 2.06. The summed E-state index contributed by atoms with van der Waals surface area (Å²) in [6.45, 7) is 3.35. The van der Waals surface area contributed by atoms with E-state index in [1.54, 1.807) is 24.5 Å². The van der Waals surface area contributed by atoms with E-state index < -0.39 is 0 Å². The van der Waals surface area contributed by atoms with Gasteiger partial charge in [0.2, 0.25) is 0 Å². The van der Waals surface area contributed by atoms with Crippen molar-refractivity contribution in [2.45, 2.75) is 19.6 Å². The Morgan fingerprint density at radius 2 is 2.00 bits per heavy atom. The van der Waals surface area contributed by atoms with Crippen LogP contribution < -0.4 is 10.1 Å². The number of hydrogen-bond acceptors (Lipinski definition) is 3. The van der Waals surface area contributed by atoms with Crippen molar-refractivity contribution in [2.75, 3.05) is 6.54 Å². The highest BCUT2D eigenvalue weighted by atomic mass is 35.5. The maximum absolute atomic E-state index is 5.91. The molecule has 1 heterocycles. The van der Waals surface area contributed by atoms with E-state index >= 15 is 0 Å². The van der Waals surface area contributed by atoms with Gasteiger partial charge >= 0.3 is 0 Å². The van der Waals surface area contributed by atoms with Crippen LogP contribution in [0, 0.1) is 0 Å². The second-order valence-electron chi connectivity index (χ2n) is 4.24. The fraction of sp³-hybridized carbons (Fsp3) is 0.286. The Labute approximate surface area is 122 Å². The quantitative estimate of drug-likeness (QED) is 0.870. The van der Waals surface area contributed by atoms with E-state index in [0.29, 0.717) is 28.9 Å². The molecule has 0 aliphatic rings. The molecule has 1 atom stereocenters. The topological polar surface area (TPSA) is 34.4 Å². The van der Waals surface area contributed by atoms with Gasteiger partial charge in [-0.05, 0) is 37.3 Å². The van der Waals surface area contributed by atoms with Crippen LogP contribution in [-0.4, -0.2) is 12.6 Å². The number of benzene rings is 1. The third-order valence-electron chi connectivity index (χ3n) is 2.48. The van der Waals surface area contributed by atoms with Gasteiger partial charge in [0.05, 0.1) is 12.8 Å². The molecule has 2 rings (SSSR count). The maximum atomic E-state index is 5.91. The largest absolute Gasteiger partial charge is 0.489 e. The van der Waals surface area contributed by atoms with Crippen molar-refractivity contribution in [3.8, 4) is 5.75 Å². The third-order valence-corrected chi connectivity index (χ3v) is 2.92. The van der Waals surface area contributed by atoms with Crippen LogP contribution in [0.5, 0.6) is 5.75 Å². The number of rotatable bonds is 6. The molecule has 102 valence electrons. The lowest BCUT2D eigenvalue weighted by Crippen LogP contribution is -2.28. The molecule has 3 nitrogen and oxygen atoms in total. The number of nitrogens with one attached hydrogen (secondary N) is 1. The van der Waals surface area contributed by atoms with E-state index in [9.17, 15) is 0 Å². The Hall–Kier alpha value is -1.16. The highest BCUT2D eigenvalue weighted by molar-refractivity contribution is 6.34. The molecule has 0 amide bonds. The summed E-state index contributed by atoms with van der Waals surface area (Å²) in [7, 11) is 0. The van der Waals surface area contributed by atoms with Gasteiger partial charge in [0.15, 0.2) is 0 Å². The minimum absolute atomic E-state index is 0.00416. The van der Waals surface area contributed by atoms with E-state index in [4.69, 9.17) is 32.4 Å². The van der Waals surface area contributed by atoms with Crippen molar-refractivity contribution in [3.63, 3.8) is 0 Å². The van der Waals surface area contributed by atoms with Gasteiger partial charge < -0.3 is 14.5 Å². The van der Waals surface area contributed by atoms with Crippen molar-refractivity contribution < 1.29 is 9.15 Å². The Balaban J connectivity index is 1.78. The van der Waals surface area contributed by atoms with E-state index in [1.165, 1.54) is 0 Å². The standard InChI is InChI=1S/C14H15Cl2NO2/c1-10(8-17-9-13-3-2-4-18-13)19-14-6-11(15)5-12(16)7-14/h2-7,10,17H,8-9H2,1H3. The van der Waals surface area contributed by atoms with Gasteiger partial charge in [-0.2, -0.15) is 0 Å². The smallest absolute Gasteiger partial charge is 0.122 e. The summed E-state index contributed by atoms with van der Waals surface area (Å²) in [5.41, 5.74) is 0. The number of halogens is 2. The van der Waals surface area contributed by atoms with Crippen LogP contribution in [0.25, 0.3) is 0 Å². The van der Waals surface area contributed by atoms with E-state index in [1.807, 2.05) is 19.1 Å². The normalized spacial score (nSPS) is 12.4. The first-order valence-electron chi connectivity index (χ1n) is 5.99. The van der Waals surface area contributed by atoms with Crippen LogP contribution in [0.4, 0.5) is 0 Å². The summed E-state index contributed by atoms with van der Waals surface area (Å²) in [5.74, 6) is 1.57. The van der Waals surface area contributed by atoms with Crippen molar-refractivity contribution in [1.29, 1.82) is 0 Å². The molecule has 0 aliphatic carbocycles. The number of ether oxygens (including phenoxy) is 1. The van der Waals surface area contributed by atoms with Crippen LogP contribution in [0.15, 0.2) is 41.0 Å². The van der Waals surface area contributed by atoms with E-state index in [2.05, 4.69) is 5.32 Å². The molecule has 0 fully saturated rings. The summed E-state index contributed by atoms with van der Waals surface area (Å²) in [5, 5.41) is 4.39. The molecule has 0 radical (unpaired) electrons. The molecule has 0 spiro atoms. The van der Waals surface area contributed by atoms with Gasteiger partial charge in [0.25, 0.3) is 0 Å². The predicted octanol–water partition coefficient (Wildman–Crippen LogP) is 4.14. The summed E-state index contributed by atoms with van der Waals surface area (Å²) < 4.78 is 11.0. The molecule has 0 bridgehead atoms. The molecule has 0 aliphatic heterocycles. The molecular formula is C14H15Cl2NO2. The SMILES string of the molecule is CC(CNCc1ccco1)Oc1cc(Cl)cc(Cl)c1. The molecule has 1 unspecified atom stereocenters. The first-order chi connectivity index (χ1) is 9.13. The summed E-state index contributed by atoms with van der Waals surface area (Å²) in [4.78, 5) is 0. The van der Waals surface area contributed by atoms with Gasteiger partial charge in [-0.3, -0.25) is 0 Å². The van der Waals surface area contributed by atoms with Crippen molar-refractivity contribution in [3.05, 3.63) is 52.4 Å². The van der Waals surface area contributed by atoms with Gasteiger partial charge in [-0.1, -0.05) is 23.2 Å². The summed E-state index contributed by atoms with van der Waals surface area (Å²) >= 11 is 11.8. The Morgan fingerprint density at radius 1 is 1.26 bits per heavy atom. The molecule has 1 N–H and O–H groups in total. The summed E-state index contributed by atoms with van der Waals surface area (Å²) in [6, 6.07) is 8.96. The van der Waals surface area contributed by atoms with Crippen molar-refractivity contribution >= 4 is 23.2 Å². The second kappa shape index (κ2) is 6.85. The molecule has 19 heavy (non-hydrogen) atoms. The van der Waals surface area contributed by atoms with Crippen LogP contribution in [0.1, 0.15) is 12.7 Å². The maximum Gasteiger partial charge on any atom is 0.122 e. The monoisotopic (exact) mass is 299 g/mol. The molecule has 2 aromatic rings. The third kappa shape index (κ3) is 4.78. The zero-order valence-electron chi connectivity index (χ0n) is 10.5. The van der Waals surface area contributed by atoms with Crippen LogP contribution >= 0.6 is 23.2 Å².